The van der Waals surface area contributed by atoms with Crippen LogP contribution in [0.3, 0.4) is 0 Å². The van der Waals surface area contributed by atoms with Gasteiger partial charge in [0.25, 0.3) is 0 Å². The Labute approximate surface area is 140 Å². The Morgan fingerprint density at radius 2 is 1.95 bits per heavy atom. The quantitative estimate of drug-likeness (QED) is 0.799. The van der Waals surface area contributed by atoms with Gasteiger partial charge < -0.3 is 5.32 Å². The monoisotopic (exact) mass is 342 g/mol. The van der Waals surface area contributed by atoms with Gasteiger partial charge in [-0.25, -0.2) is 4.98 Å². The molecule has 0 aliphatic carbocycles. The van der Waals surface area contributed by atoms with Gasteiger partial charge in [0.05, 0.1) is 21.8 Å². The summed E-state index contributed by atoms with van der Waals surface area (Å²) in [6, 6.07) is 5.79. The molecule has 0 saturated heterocycles. The number of nitrogens with one attached hydrogen (secondary N) is 1. The van der Waals surface area contributed by atoms with Crippen molar-refractivity contribution in [1.29, 1.82) is 0 Å². The molecule has 0 bridgehead atoms. The minimum atomic E-state index is 0.0471. The van der Waals surface area contributed by atoms with E-state index in [1.165, 1.54) is 0 Å². The highest BCUT2D eigenvalue weighted by atomic mass is 35.5. The first kappa shape index (κ1) is 16.8. The van der Waals surface area contributed by atoms with E-state index in [2.05, 4.69) is 38.4 Å². The molecule has 1 aromatic heterocycles. The van der Waals surface area contributed by atoms with Crippen LogP contribution in [0.4, 0.5) is 0 Å². The van der Waals surface area contributed by atoms with Crippen molar-refractivity contribution in [2.45, 2.75) is 39.2 Å². The van der Waals surface area contributed by atoms with Crippen molar-refractivity contribution >= 4 is 34.5 Å². The highest BCUT2D eigenvalue weighted by Crippen LogP contribution is 2.32. The maximum atomic E-state index is 6.15. The predicted molar refractivity (Wildman–Crippen MR) is 92.8 cm³/mol. The molecule has 21 heavy (non-hydrogen) atoms. The molecule has 1 unspecified atom stereocenters. The molecular formula is C16H20Cl2N2S. The molecule has 2 rings (SSSR count). The second-order valence-electron chi connectivity index (χ2n) is 5.99. The van der Waals surface area contributed by atoms with E-state index in [1.807, 2.05) is 18.2 Å². The van der Waals surface area contributed by atoms with Crippen molar-refractivity contribution in [2.75, 3.05) is 6.54 Å². The van der Waals surface area contributed by atoms with Crippen molar-refractivity contribution in [1.82, 2.24) is 10.3 Å². The highest BCUT2D eigenvalue weighted by molar-refractivity contribution is 7.09. The van der Waals surface area contributed by atoms with Gasteiger partial charge in [-0.1, -0.05) is 57.0 Å². The van der Waals surface area contributed by atoms with E-state index in [1.54, 1.807) is 11.3 Å². The lowest BCUT2D eigenvalue weighted by molar-refractivity contribution is 0.562. The van der Waals surface area contributed by atoms with E-state index in [9.17, 15) is 0 Å². The molecule has 5 heteroatoms. The van der Waals surface area contributed by atoms with Gasteiger partial charge in [-0.15, -0.1) is 11.3 Å². The zero-order valence-corrected chi connectivity index (χ0v) is 15.0. The third kappa shape index (κ3) is 3.98. The van der Waals surface area contributed by atoms with Crippen LogP contribution in [0, 0.1) is 0 Å². The highest BCUT2D eigenvalue weighted by Gasteiger charge is 2.22. The number of aromatic nitrogens is 1. The first-order valence-corrected chi connectivity index (χ1v) is 8.60. The second kappa shape index (κ2) is 6.66. The van der Waals surface area contributed by atoms with E-state index in [4.69, 9.17) is 28.2 Å². The molecule has 2 nitrogen and oxygen atoms in total. The molecule has 1 N–H and O–H groups in total. The van der Waals surface area contributed by atoms with Crippen LogP contribution in [0.2, 0.25) is 10.0 Å². The van der Waals surface area contributed by atoms with Gasteiger partial charge >= 0.3 is 0 Å². The number of hydrogen-bond acceptors (Lipinski definition) is 3. The van der Waals surface area contributed by atoms with E-state index in [0.29, 0.717) is 10.0 Å². The van der Waals surface area contributed by atoms with Gasteiger partial charge in [0.2, 0.25) is 0 Å². The fourth-order valence-corrected chi connectivity index (χ4v) is 3.46. The molecule has 114 valence electrons. The molecular weight excluding hydrogens is 323 g/mol. The Bertz CT molecular complexity index is 617. The maximum absolute atomic E-state index is 6.15. The van der Waals surface area contributed by atoms with Crippen LogP contribution in [-0.2, 0) is 5.41 Å². The van der Waals surface area contributed by atoms with Crippen LogP contribution in [0.1, 0.15) is 50.0 Å². The number of benzene rings is 1. The molecule has 0 aliphatic heterocycles. The Morgan fingerprint density at radius 1 is 1.24 bits per heavy atom. The molecule has 0 spiro atoms. The topological polar surface area (TPSA) is 24.9 Å². The molecule has 0 aliphatic rings. The summed E-state index contributed by atoms with van der Waals surface area (Å²) in [6.07, 6.45) is 0. The van der Waals surface area contributed by atoms with Gasteiger partial charge in [0.15, 0.2) is 0 Å². The van der Waals surface area contributed by atoms with Gasteiger partial charge in [0, 0.05) is 10.8 Å². The number of halogens is 2. The minimum Gasteiger partial charge on any atom is -0.305 e. The normalized spacial score (nSPS) is 13.4. The zero-order chi connectivity index (χ0) is 15.6. The Hall–Kier alpha value is -0.610. The molecule has 1 aromatic carbocycles. The summed E-state index contributed by atoms with van der Waals surface area (Å²) in [5, 5.41) is 7.81. The fraction of sp³-hybridized carbons (Fsp3) is 0.438. The first-order valence-electron chi connectivity index (χ1n) is 6.97. The number of thiazole rings is 1. The van der Waals surface area contributed by atoms with Gasteiger partial charge in [-0.3, -0.25) is 0 Å². The van der Waals surface area contributed by atoms with Crippen molar-refractivity contribution < 1.29 is 0 Å². The van der Waals surface area contributed by atoms with E-state index in [0.717, 1.165) is 22.8 Å². The average molecular weight is 343 g/mol. The van der Waals surface area contributed by atoms with Crippen LogP contribution in [0.25, 0.3) is 0 Å². The smallest absolute Gasteiger partial charge is 0.114 e. The SMILES string of the molecule is CCNC(c1ccc(Cl)c(Cl)c1)c1nc(C(C)(C)C)cs1. The second-order valence-corrected chi connectivity index (χ2v) is 7.69. The molecule has 1 atom stereocenters. The third-order valence-electron chi connectivity index (χ3n) is 3.22. The number of nitrogens with zero attached hydrogens (tertiary/aromatic N) is 1. The Balaban J connectivity index is 2.38. The van der Waals surface area contributed by atoms with Gasteiger partial charge in [-0.05, 0) is 24.2 Å². The number of hydrogen-bond donors (Lipinski definition) is 1. The summed E-state index contributed by atoms with van der Waals surface area (Å²) in [4.78, 5) is 4.81. The average Bonchev–Trinajstić information content (AvgIpc) is 2.89. The van der Waals surface area contributed by atoms with Gasteiger partial charge in [0.1, 0.15) is 5.01 Å². The van der Waals surface area contributed by atoms with E-state index >= 15 is 0 Å². The molecule has 0 amide bonds. The zero-order valence-electron chi connectivity index (χ0n) is 12.7. The first-order chi connectivity index (χ1) is 9.82. The lowest BCUT2D eigenvalue weighted by Gasteiger charge is -2.18. The van der Waals surface area contributed by atoms with Crippen molar-refractivity contribution in [3.8, 4) is 0 Å². The third-order valence-corrected chi connectivity index (χ3v) is 4.87. The van der Waals surface area contributed by atoms with Crippen molar-refractivity contribution in [3.63, 3.8) is 0 Å². The lowest BCUT2D eigenvalue weighted by atomic mass is 9.93. The van der Waals surface area contributed by atoms with E-state index in [-0.39, 0.29) is 11.5 Å². The Kier molecular flexibility index (Phi) is 5.31. The molecule has 2 aromatic rings. The summed E-state index contributed by atoms with van der Waals surface area (Å²) in [7, 11) is 0. The fourth-order valence-electron chi connectivity index (χ4n) is 2.01. The van der Waals surface area contributed by atoms with Crippen LogP contribution >= 0.6 is 34.5 Å². The predicted octanol–water partition coefficient (Wildman–Crippen LogP) is 5.45. The van der Waals surface area contributed by atoms with Gasteiger partial charge in [-0.2, -0.15) is 0 Å². The van der Waals surface area contributed by atoms with Crippen LogP contribution in [0.15, 0.2) is 23.6 Å². The van der Waals surface area contributed by atoms with Crippen molar-refractivity contribution in [3.05, 3.63) is 49.9 Å². The molecule has 0 saturated carbocycles. The van der Waals surface area contributed by atoms with E-state index < -0.39 is 0 Å². The maximum Gasteiger partial charge on any atom is 0.114 e. The summed E-state index contributed by atoms with van der Waals surface area (Å²) in [6.45, 7) is 9.46. The lowest BCUT2D eigenvalue weighted by Crippen LogP contribution is -2.22. The summed E-state index contributed by atoms with van der Waals surface area (Å²) in [5.41, 5.74) is 2.26. The molecule has 1 heterocycles. The summed E-state index contributed by atoms with van der Waals surface area (Å²) in [5.74, 6) is 0. The van der Waals surface area contributed by atoms with Crippen molar-refractivity contribution in [2.24, 2.45) is 0 Å². The van der Waals surface area contributed by atoms with Crippen LogP contribution in [-0.4, -0.2) is 11.5 Å². The Morgan fingerprint density at radius 3 is 2.48 bits per heavy atom. The minimum absolute atomic E-state index is 0.0471. The number of rotatable bonds is 4. The standard InChI is InChI=1S/C16H20Cl2N2S/c1-5-19-14(10-6-7-11(17)12(18)8-10)15-20-13(9-21-15)16(2,3)4/h6-9,14,19H,5H2,1-4H3. The van der Waals surface area contributed by atoms with Crippen LogP contribution in [0.5, 0.6) is 0 Å². The molecule has 0 fully saturated rings. The summed E-state index contributed by atoms with van der Waals surface area (Å²) < 4.78 is 0. The largest absolute Gasteiger partial charge is 0.305 e. The van der Waals surface area contributed by atoms with Crippen LogP contribution < -0.4 is 5.32 Å². The summed E-state index contributed by atoms with van der Waals surface area (Å²) >= 11 is 13.8. The molecule has 0 radical (unpaired) electrons.